The van der Waals surface area contributed by atoms with Crippen LogP contribution in [-0.2, 0) is 0 Å². The van der Waals surface area contributed by atoms with Gasteiger partial charge < -0.3 is 20.3 Å². The molecule has 5 heteroatoms. The summed E-state index contributed by atoms with van der Waals surface area (Å²) in [6.07, 6.45) is 0. The van der Waals surface area contributed by atoms with Crippen LogP contribution in [0.2, 0.25) is 0 Å². The normalized spacial score (nSPS) is 11.6. The van der Waals surface area contributed by atoms with Gasteiger partial charge in [0.25, 0.3) is 0 Å². The Morgan fingerprint density at radius 3 is 2.24 bits per heavy atom. The Morgan fingerprint density at radius 2 is 1.68 bits per heavy atom. The second-order valence-electron chi connectivity index (χ2n) is 6.47. The van der Waals surface area contributed by atoms with Crippen LogP contribution in [0.15, 0.2) is 42.5 Å². The lowest BCUT2D eigenvalue weighted by atomic mass is 10.1. The van der Waals surface area contributed by atoms with Gasteiger partial charge in [0.15, 0.2) is 5.11 Å². The molecule has 2 N–H and O–H groups in total. The second kappa shape index (κ2) is 8.72. The molecule has 134 valence electrons. The lowest BCUT2D eigenvalue weighted by Gasteiger charge is -2.19. The van der Waals surface area contributed by atoms with Crippen molar-refractivity contribution in [2.75, 3.05) is 30.9 Å². The maximum Gasteiger partial charge on any atom is 0.171 e. The number of anilines is 2. The fourth-order valence-corrected chi connectivity index (χ4v) is 2.83. The summed E-state index contributed by atoms with van der Waals surface area (Å²) >= 11 is 5.39. The third-order valence-corrected chi connectivity index (χ3v) is 4.13. The summed E-state index contributed by atoms with van der Waals surface area (Å²) in [5.74, 6) is 0.953. The molecule has 0 heterocycles. The Labute approximate surface area is 156 Å². The van der Waals surface area contributed by atoms with Crippen molar-refractivity contribution in [1.29, 1.82) is 0 Å². The molecule has 0 radical (unpaired) electrons. The highest BCUT2D eigenvalue weighted by Gasteiger charge is 2.08. The van der Waals surface area contributed by atoms with E-state index in [2.05, 4.69) is 60.6 Å². The minimum atomic E-state index is 0.0973. The third-order valence-electron chi connectivity index (χ3n) is 3.91. The van der Waals surface area contributed by atoms with Gasteiger partial charge in [-0.15, -0.1) is 0 Å². The minimum Gasteiger partial charge on any atom is -0.491 e. The molecule has 1 atom stereocenters. The lowest BCUT2D eigenvalue weighted by molar-refractivity contribution is 0.283. The third kappa shape index (κ3) is 5.64. The highest BCUT2D eigenvalue weighted by molar-refractivity contribution is 7.80. The van der Waals surface area contributed by atoms with Crippen LogP contribution >= 0.6 is 12.2 Å². The van der Waals surface area contributed by atoms with Crippen molar-refractivity contribution >= 4 is 28.7 Å². The van der Waals surface area contributed by atoms with E-state index in [1.54, 1.807) is 0 Å². The topological polar surface area (TPSA) is 36.5 Å². The molecule has 0 aliphatic carbocycles. The summed E-state index contributed by atoms with van der Waals surface area (Å²) in [6.45, 7) is 6.72. The van der Waals surface area contributed by atoms with Crippen LogP contribution in [0.4, 0.5) is 11.4 Å². The highest BCUT2D eigenvalue weighted by atomic mass is 32.1. The summed E-state index contributed by atoms with van der Waals surface area (Å²) in [7, 11) is 4.04. The van der Waals surface area contributed by atoms with Crippen molar-refractivity contribution in [3.8, 4) is 5.75 Å². The van der Waals surface area contributed by atoms with Gasteiger partial charge in [0.05, 0.1) is 6.04 Å². The smallest absolute Gasteiger partial charge is 0.171 e. The van der Waals surface area contributed by atoms with Crippen LogP contribution in [0.3, 0.4) is 0 Å². The molecule has 0 aliphatic heterocycles. The molecule has 1 unspecified atom stereocenters. The molecule has 0 amide bonds. The van der Waals surface area contributed by atoms with E-state index >= 15 is 0 Å². The zero-order valence-corrected chi connectivity index (χ0v) is 16.4. The van der Waals surface area contributed by atoms with Crippen molar-refractivity contribution in [3.05, 3.63) is 53.6 Å². The molecule has 2 rings (SSSR count). The Morgan fingerprint density at radius 1 is 1.08 bits per heavy atom. The summed E-state index contributed by atoms with van der Waals surface area (Å²) in [6, 6.07) is 14.4. The van der Waals surface area contributed by atoms with Crippen molar-refractivity contribution in [2.24, 2.45) is 0 Å². The minimum absolute atomic E-state index is 0.0973. The molecule has 0 saturated carbocycles. The van der Waals surface area contributed by atoms with E-state index in [1.165, 1.54) is 0 Å². The van der Waals surface area contributed by atoms with E-state index in [0.29, 0.717) is 11.7 Å². The average Bonchev–Trinajstić information content (AvgIpc) is 2.54. The van der Waals surface area contributed by atoms with Crippen LogP contribution in [0, 0.1) is 13.8 Å². The summed E-state index contributed by atoms with van der Waals surface area (Å²) in [5, 5.41) is 7.06. The van der Waals surface area contributed by atoms with E-state index in [0.717, 1.165) is 28.3 Å². The van der Waals surface area contributed by atoms with E-state index in [9.17, 15) is 0 Å². The number of aryl methyl sites for hydroxylation is 2. The molecule has 2 aromatic rings. The van der Waals surface area contributed by atoms with Gasteiger partial charge in [-0.3, -0.25) is 0 Å². The number of nitrogens with one attached hydrogen (secondary N) is 2. The van der Waals surface area contributed by atoms with Crippen molar-refractivity contribution in [1.82, 2.24) is 5.32 Å². The zero-order valence-electron chi connectivity index (χ0n) is 15.6. The van der Waals surface area contributed by atoms with E-state index in [1.807, 2.05) is 32.3 Å². The van der Waals surface area contributed by atoms with Gasteiger partial charge in [0.2, 0.25) is 0 Å². The van der Waals surface area contributed by atoms with E-state index in [-0.39, 0.29) is 6.04 Å². The summed E-state index contributed by atoms with van der Waals surface area (Å²) in [4.78, 5) is 2.06. The number of thiocarbonyl (C=S) groups is 1. The monoisotopic (exact) mass is 357 g/mol. The molecule has 0 aliphatic rings. The number of hydrogen-bond acceptors (Lipinski definition) is 3. The molecular weight excluding hydrogens is 330 g/mol. The van der Waals surface area contributed by atoms with Gasteiger partial charge in [-0.25, -0.2) is 0 Å². The van der Waals surface area contributed by atoms with Crippen molar-refractivity contribution < 1.29 is 4.74 Å². The molecule has 4 nitrogen and oxygen atoms in total. The average molecular weight is 358 g/mol. The quantitative estimate of drug-likeness (QED) is 0.761. The molecular formula is C20H27N3OS. The largest absolute Gasteiger partial charge is 0.491 e. The standard InChI is InChI=1S/C20H27N3OS/c1-14-7-6-8-15(2)19(14)24-13-16(3)21-20(25)22-17-9-11-18(12-10-17)23(4)5/h6-12,16H,13H2,1-5H3,(H2,21,22,25). The number of benzene rings is 2. The number of ether oxygens (including phenoxy) is 1. The van der Waals surface area contributed by atoms with Crippen molar-refractivity contribution in [2.45, 2.75) is 26.8 Å². The van der Waals surface area contributed by atoms with Gasteiger partial charge in [-0.2, -0.15) is 0 Å². The Bertz CT molecular complexity index is 693. The van der Waals surface area contributed by atoms with Crippen molar-refractivity contribution in [3.63, 3.8) is 0 Å². The fraction of sp³-hybridized carbons (Fsp3) is 0.350. The van der Waals surface area contributed by atoms with Gasteiger partial charge in [-0.1, -0.05) is 18.2 Å². The van der Waals surface area contributed by atoms with Crippen LogP contribution in [0.25, 0.3) is 0 Å². The van der Waals surface area contributed by atoms with Gasteiger partial charge in [0.1, 0.15) is 12.4 Å². The first-order chi connectivity index (χ1) is 11.9. The first-order valence-corrected chi connectivity index (χ1v) is 8.81. The van der Waals surface area contributed by atoms with Crippen LogP contribution in [0.5, 0.6) is 5.75 Å². The van der Waals surface area contributed by atoms with Crippen LogP contribution in [0.1, 0.15) is 18.1 Å². The maximum absolute atomic E-state index is 5.97. The Hall–Kier alpha value is -2.27. The Kier molecular flexibility index (Phi) is 6.65. The van der Waals surface area contributed by atoms with Gasteiger partial charge >= 0.3 is 0 Å². The SMILES string of the molecule is Cc1cccc(C)c1OCC(C)NC(=S)Nc1ccc(N(C)C)cc1. The fourth-order valence-electron chi connectivity index (χ4n) is 2.51. The summed E-state index contributed by atoms with van der Waals surface area (Å²) in [5.41, 5.74) is 4.41. The number of nitrogens with zero attached hydrogens (tertiary/aromatic N) is 1. The van der Waals surface area contributed by atoms with E-state index in [4.69, 9.17) is 17.0 Å². The Balaban J connectivity index is 1.83. The first kappa shape index (κ1) is 19.1. The van der Waals surface area contributed by atoms with Crippen LogP contribution in [-0.4, -0.2) is 31.9 Å². The molecule has 0 fully saturated rings. The molecule has 25 heavy (non-hydrogen) atoms. The molecule has 0 bridgehead atoms. The summed E-state index contributed by atoms with van der Waals surface area (Å²) < 4.78 is 5.97. The molecule has 0 spiro atoms. The highest BCUT2D eigenvalue weighted by Crippen LogP contribution is 2.22. The predicted molar refractivity (Wildman–Crippen MR) is 111 cm³/mol. The molecule has 2 aromatic carbocycles. The van der Waals surface area contributed by atoms with Gasteiger partial charge in [-0.05, 0) is 68.4 Å². The number of hydrogen-bond donors (Lipinski definition) is 2. The molecule has 0 aromatic heterocycles. The zero-order chi connectivity index (χ0) is 18.4. The predicted octanol–water partition coefficient (Wildman–Crippen LogP) is 4.12. The maximum atomic E-state index is 5.97. The lowest BCUT2D eigenvalue weighted by Crippen LogP contribution is -2.39. The van der Waals surface area contributed by atoms with Gasteiger partial charge in [0, 0.05) is 25.5 Å². The molecule has 0 saturated heterocycles. The van der Waals surface area contributed by atoms with Crippen LogP contribution < -0.4 is 20.3 Å². The number of rotatable bonds is 6. The van der Waals surface area contributed by atoms with E-state index < -0.39 is 0 Å². The second-order valence-corrected chi connectivity index (χ2v) is 6.88. The first-order valence-electron chi connectivity index (χ1n) is 8.40. The number of para-hydroxylation sites is 1.